The van der Waals surface area contributed by atoms with Gasteiger partial charge in [-0.25, -0.2) is 0 Å². The summed E-state index contributed by atoms with van der Waals surface area (Å²) in [5.41, 5.74) is 0. The van der Waals surface area contributed by atoms with Gasteiger partial charge < -0.3 is 15.2 Å². The highest BCUT2D eigenvalue weighted by Crippen LogP contribution is 2.16. The number of aliphatic carboxylic acids is 1. The summed E-state index contributed by atoms with van der Waals surface area (Å²) < 4.78 is 5.23. The fourth-order valence-electron chi connectivity index (χ4n) is 1.55. The van der Waals surface area contributed by atoms with E-state index in [1.54, 1.807) is 6.92 Å². The smallest absolute Gasteiger partial charge is 0.320 e. The molecule has 0 aromatic carbocycles. The molecule has 1 aliphatic heterocycles. The van der Waals surface area contributed by atoms with Crippen LogP contribution < -0.4 is 5.32 Å². The summed E-state index contributed by atoms with van der Waals surface area (Å²) in [5, 5.41) is 11.7. The molecule has 1 heterocycles. The van der Waals surface area contributed by atoms with Crippen molar-refractivity contribution in [3.63, 3.8) is 0 Å². The fourth-order valence-corrected chi connectivity index (χ4v) is 1.55. The second-order valence-corrected chi connectivity index (χ2v) is 3.64. The quantitative estimate of drug-likeness (QED) is 0.672. The second kappa shape index (κ2) is 4.58. The summed E-state index contributed by atoms with van der Waals surface area (Å²) >= 11 is 0. The molecule has 1 fully saturated rings. The first kappa shape index (κ1) is 10.5. The van der Waals surface area contributed by atoms with Crippen LogP contribution in [0.2, 0.25) is 0 Å². The van der Waals surface area contributed by atoms with Crippen molar-refractivity contribution >= 4 is 5.97 Å². The van der Waals surface area contributed by atoms with Crippen LogP contribution in [-0.2, 0) is 9.53 Å². The summed E-state index contributed by atoms with van der Waals surface area (Å²) in [6.45, 7) is 5.23. The van der Waals surface area contributed by atoms with Gasteiger partial charge in [-0.15, -0.1) is 0 Å². The van der Waals surface area contributed by atoms with Gasteiger partial charge in [0.1, 0.15) is 6.04 Å². The number of carboxylic acid groups (broad SMARTS) is 1. The van der Waals surface area contributed by atoms with Crippen LogP contribution >= 0.6 is 0 Å². The molecule has 1 rings (SSSR count). The van der Waals surface area contributed by atoms with Gasteiger partial charge in [-0.05, 0) is 26.2 Å². The highest BCUT2D eigenvalue weighted by atomic mass is 16.5. The zero-order valence-corrected chi connectivity index (χ0v) is 8.12. The van der Waals surface area contributed by atoms with Gasteiger partial charge in [0.15, 0.2) is 0 Å². The van der Waals surface area contributed by atoms with Gasteiger partial charge in [0.25, 0.3) is 0 Å². The minimum atomic E-state index is -0.800. The summed E-state index contributed by atoms with van der Waals surface area (Å²) in [7, 11) is 0. The van der Waals surface area contributed by atoms with E-state index in [1.807, 2.05) is 6.92 Å². The molecule has 4 nitrogen and oxygen atoms in total. The van der Waals surface area contributed by atoms with Crippen LogP contribution in [0.25, 0.3) is 0 Å². The number of rotatable bonds is 4. The Morgan fingerprint density at radius 2 is 2.31 bits per heavy atom. The van der Waals surface area contributed by atoms with E-state index in [1.165, 1.54) is 0 Å². The molecule has 1 saturated heterocycles. The Morgan fingerprint density at radius 3 is 2.77 bits per heavy atom. The molecule has 0 aromatic rings. The maximum atomic E-state index is 10.6. The van der Waals surface area contributed by atoms with Crippen molar-refractivity contribution < 1.29 is 14.6 Å². The lowest BCUT2D eigenvalue weighted by Crippen LogP contribution is -2.43. The predicted octanol–water partition coefficient (Wildman–Crippen LogP) is 0.474. The maximum absolute atomic E-state index is 10.6. The van der Waals surface area contributed by atoms with Crippen LogP contribution in [0.5, 0.6) is 0 Å². The van der Waals surface area contributed by atoms with Crippen LogP contribution in [0.15, 0.2) is 0 Å². The van der Waals surface area contributed by atoms with Gasteiger partial charge in [0.2, 0.25) is 0 Å². The number of nitrogens with one attached hydrogen (secondary N) is 1. The van der Waals surface area contributed by atoms with E-state index in [2.05, 4.69) is 5.32 Å². The molecule has 0 saturated carbocycles. The van der Waals surface area contributed by atoms with Crippen LogP contribution in [0.3, 0.4) is 0 Å². The highest BCUT2D eigenvalue weighted by Gasteiger charge is 2.24. The third kappa shape index (κ3) is 2.97. The minimum Gasteiger partial charge on any atom is -0.480 e. The van der Waals surface area contributed by atoms with E-state index in [0.717, 1.165) is 19.6 Å². The average Bonchev–Trinajstić information content (AvgIpc) is 2.55. The van der Waals surface area contributed by atoms with Gasteiger partial charge in [0, 0.05) is 12.6 Å². The topological polar surface area (TPSA) is 58.6 Å². The molecule has 0 aliphatic carbocycles. The summed E-state index contributed by atoms with van der Waals surface area (Å²) in [5.74, 6) is -0.340. The summed E-state index contributed by atoms with van der Waals surface area (Å²) in [4.78, 5) is 10.6. The molecule has 0 amide bonds. The van der Waals surface area contributed by atoms with Crippen molar-refractivity contribution in [3.05, 3.63) is 0 Å². The van der Waals surface area contributed by atoms with E-state index in [4.69, 9.17) is 9.84 Å². The van der Waals surface area contributed by atoms with Crippen molar-refractivity contribution in [2.45, 2.75) is 32.4 Å². The largest absolute Gasteiger partial charge is 0.480 e. The molecule has 76 valence electrons. The van der Waals surface area contributed by atoms with Gasteiger partial charge in [-0.1, -0.05) is 0 Å². The lowest BCUT2D eigenvalue weighted by molar-refractivity contribution is -0.139. The Labute approximate surface area is 78.3 Å². The molecule has 3 unspecified atom stereocenters. The second-order valence-electron chi connectivity index (χ2n) is 3.64. The number of hydrogen-bond acceptors (Lipinski definition) is 3. The lowest BCUT2D eigenvalue weighted by Gasteiger charge is -2.21. The van der Waals surface area contributed by atoms with E-state index in [9.17, 15) is 4.79 Å². The number of carboxylic acids is 1. The highest BCUT2D eigenvalue weighted by molar-refractivity contribution is 5.72. The van der Waals surface area contributed by atoms with Crippen molar-refractivity contribution in [3.8, 4) is 0 Å². The van der Waals surface area contributed by atoms with Crippen LogP contribution in [-0.4, -0.2) is 36.4 Å². The summed E-state index contributed by atoms with van der Waals surface area (Å²) in [6, 6.07) is -0.260. The molecule has 13 heavy (non-hydrogen) atoms. The SMILES string of the molecule is CC(NC(C)C1CCOC1)C(=O)O. The Hall–Kier alpha value is -0.610. The third-order valence-corrected chi connectivity index (χ3v) is 2.56. The van der Waals surface area contributed by atoms with Gasteiger partial charge in [0.05, 0.1) is 6.61 Å². The van der Waals surface area contributed by atoms with Crippen molar-refractivity contribution in [2.24, 2.45) is 5.92 Å². The van der Waals surface area contributed by atoms with E-state index < -0.39 is 12.0 Å². The Morgan fingerprint density at radius 1 is 1.62 bits per heavy atom. The molecular formula is C9H17NO3. The number of carbonyl (C=O) groups is 1. The monoisotopic (exact) mass is 187 g/mol. The van der Waals surface area contributed by atoms with E-state index >= 15 is 0 Å². The lowest BCUT2D eigenvalue weighted by atomic mass is 10.00. The first-order valence-electron chi connectivity index (χ1n) is 4.68. The zero-order chi connectivity index (χ0) is 9.84. The van der Waals surface area contributed by atoms with Crippen LogP contribution in [0, 0.1) is 5.92 Å². The fraction of sp³-hybridized carbons (Fsp3) is 0.889. The molecule has 0 radical (unpaired) electrons. The molecule has 2 N–H and O–H groups in total. The standard InChI is InChI=1S/C9H17NO3/c1-6(8-3-4-13-5-8)10-7(2)9(11)12/h6-8,10H,3-5H2,1-2H3,(H,11,12). The molecular weight excluding hydrogens is 170 g/mol. The molecule has 1 aliphatic rings. The number of ether oxygens (including phenoxy) is 1. The Balaban J connectivity index is 2.30. The van der Waals surface area contributed by atoms with Crippen molar-refractivity contribution in [1.29, 1.82) is 0 Å². The zero-order valence-electron chi connectivity index (χ0n) is 8.12. The molecule has 0 bridgehead atoms. The maximum Gasteiger partial charge on any atom is 0.320 e. The molecule has 4 heteroatoms. The van der Waals surface area contributed by atoms with E-state index in [-0.39, 0.29) is 6.04 Å². The van der Waals surface area contributed by atoms with Gasteiger partial charge >= 0.3 is 5.97 Å². The van der Waals surface area contributed by atoms with Gasteiger partial charge in [-0.3, -0.25) is 4.79 Å². The minimum absolute atomic E-state index is 0.216. The summed E-state index contributed by atoms with van der Waals surface area (Å²) in [6.07, 6.45) is 1.03. The van der Waals surface area contributed by atoms with Gasteiger partial charge in [-0.2, -0.15) is 0 Å². The average molecular weight is 187 g/mol. The Bertz CT molecular complexity index is 178. The van der Waals surface area contributed by atoms with Crippen molar-refractivity contribution in [1.82, 2.24) is 5.32 Å². The van der Waals surface area contributed by atoms with E-state index in [0.29, 0.717) is 5.92 Å². The third-order valence-electron chi connectivity index (χ3n) is 2.56. The first-order valence-corrected chi connectivity index (χ1v) is 4.68. The predicted molar refractivity (Wildman–Crippen MR) is 48.6 cm³/mol. The normalized spacial score (nSPS) is 27.1. The Kier molecular flexibility index (Phi) is 3.69. The molecule has 0 aromatic heterocycles. The van der Waals surface area contributed by atoms with Crippen LogP contribution in [0.4, 0.5) is 0 Å². The van der Waals surface area contributed by atoms with Crippen molar-refractivity contribution in [2.75, 3.05) is 13.2 Å². The molecule has 0 spiro atoms. The first-order chi connectivity index (χ1) is 6.11. The van der Waals surface area contributed by atoms with Crippen LogP contribution in [0.1, 0.15) is 20.3 Å². The number of hydrogen-bond donors (Lipinski definition) is 2. The molecule has 3 atom stereocenters.